The summed E-state index contributed by atoms with van der Waals surface area (Å²) in [5, 5.41) is 15.8. The maximum atomic E-state index is 13.7. The van der Waals surface area contributed by atoms with Gasteiger partial charge in [0.25, 0.3) is 17.7 Å². The normalized spacial score (nSPS) is 12.0. The fraction of sp³-hybridized carbons (Fsp3) is 0.343. The van der Waals surface area contributed by atoms with Gasteiger partial charge in [-0.25, -0.2) is 5.01 Å². The van der Waals surface area contributed by atoms with Gasteiger partial charge in [-0.05, 0) is 62.1 Å². The first-order valence-corrected chi connectivity index (χ1v) is 14.7. The largest absolute Gasteiger partial charge is 0.390 e. The molecule has 3 aromatic rings. The van der Waals surface area contributed by atoms with Crippen LogP contribution in [-0.4, -0.2) is 71.6 Å². The zero-order chi connectivity index (χ0) is 31.2. The van der Waals surface area contributed by atoms with Gasteiger partial charge in [0.15, 0.2) is 0 Å². The van der Waals surface area contributed by atoms with Crippen molar-refractivity contribution in [3.8, 4) is 11.8 Å². The van der Waals surface area contributed by atoms with Gasteiger partial charge in [0.1, 0.15) is 0 Å². The molecule has 0 saturated heterocycles. The lowest BCUT2D eigenvalue weighted by atomic mass is 9.99. The molecule has 3 amide bonds. The molecule has 0 bridgehead atoms. The van der Waals surface area contributed by atoms with Crippen LogP contribution in [0.4, 0.5) is 0 Å². The Kier molecular flexibility index (Phi) is 13.0. The Morgan fingerprint density at radius 1 is 0.837 bits per heavy atom. The number of hydrazine groups is 1. The van der Waals surface area contributed by atoms with E-state index in [0.717, 1.165) is 18.4 Å². The Labute approximate surface area is 255 Å². The van der Waals surface area contributed by atoms with E-state index in [1.54, 1.807) is 61.3 Å². The van der Waals surface area contributed by atoms with E-state index < -0.39 is 18.1 Å². The lowest BCUT2D eigenvalue weighted by Crippen LogP contribution is -2.52. The highest BCUT2D eigenvalue weighted by Crippen LogP contribution is 2.15. The number of carbonyl (C=O) groups is 3. The van der Waals surface area contributed by atoms with Gasteiger partial charge >= 0.3 is 0 Å². The van der Waals surface area contributed by atoms with E-state index in [0.29, 0.717) is 36.2 Å². The Morgan fingerprint density at radius 2 is 1.44 bits per heavy atom. The molecule has 3 rings (SSSR count). The van der Waals surface area contributed by atoms with Crippen LogP contribution in [-0.2, 0) is 6.42 Å². The summed E-state index contributed by atoms with van der Waals surface area (Å²) in [6.45, 7) is 7.06. The van der Waals surface area contributed by atoms with Crippen LogP contribution in [0.5, 0.6) is 0 Å². The monoisotopic (exact) mass is 582 g/mol. The van der Waals surface area contributed by atoms with Crippen molar-refractivity contribution in [3.63, 3.8) is 0 Å². The second-order valence-corrected chi connectivity index (χ2v) is 10.5. The maximum Gasteiger partial charge on any atom is 0.265 e. The molecule has 3 N–H and O–H groups in total. The first kappa shape index (κ1) is 33.1. The first-order valence-electron chi connectivity index (χ1n) is 14.7. The van der Waals surface area contributed by atoms with Gasteiger partial charge in [0, 0.05) is 48.9 Å². The molecule has 0 aromatic heterocycles. The van der Waals surface area contributed by atoms with Crippen molar-refractivity contribution < 1.29 is 19.5 Å². The molecule has 0 spiro atoms. The molecule has 0 aliphatic heterocycles. The highest BCUT2D eigenvalue weighted by molar-refractivity contribution is 6.00. The van der Waals surface area contributed by atoms with Crippen LogP contribution in [0, 0.1) is 11.8 Å². The van der Waals surface area contributed by atoms with Crippen LogP contribution >= 0.6 is 0 Å². The Balaban J connectivity index is 1.84. The quantitative estimate of drug-likeness (QED) is 0.194. The molecule has 8 nitrogen and oxygen atoms in total. The summed E-state index contributed by atoms with van der Waals surface area (Å²) in [5.74, 6) is 4.95. The molecule has 2 unspecified atom stereocenters. The molecule has 3 aromatic carbocycles. The fourth-order valence-electron chi connectivity index (χ4n) is 4.82. The minimum Gasteiger partial charge on any atom is -0.390 e. The summed E-state index contributed by atoms with van der Waals surface area (Å²) in [7, 11) is 1.66. The van der Waals surface area contributed by atoms with Crippen molar-refractivity contribution in [1.29, 1.82) is 0 Å². The Morgan fingerprint density at radius 3 is 2.05 bits per heavy atom. The summed E-state index contributed by atoms with van der Waals surface area (Å²) in [4.78, 5) is 41.5. The number of likely N-dealkylation sites (N-methyl/N-ethyl adjacent to an activating group) is 1. The average molecular weight is 583 g/mol. The molecule has 0 radical (unpaired) electrons. The third-order valence-corrected chi connectivity index (χ3v) is 6.85. The molecule has 226 valence electrons. The van der Waals surface area contributed by atoms with Crippen molar-refractivity contribution in [3.05, 3.63) is 107 Å². The van der Waals surface area contributed by atoms with Crippen molar-refractivity contribution in [2.75, 3.05) is 26.7 Å². The molecule has 0 aliphatic carbocycles. The van der Waals surface area contributed by atoms with Gasteiger partial charge in [-0.3, -0.25) is 19.8 Å². The predicted molar refractivity (Wildman–Crippen MR) is 169 cm³/mol. The molecule has 43 heavy (non-hydrogen) atoms. The summed E-state index contributed by atoms with van der Waals surface area (Å²) in [6.07, 6.45) is 0.976. The number of amides is 3. The number of aliphatic hydroxyl groups is 1. The first-order chi connectivity index (χ1) is 20.7. The molecule has 8 heteroatoms. The third kappa shape index (κ3) is 10.1. The number of rotatable bonds is 14. The SMILES string of the molecule is CC#Cc1cc(C(=O)NC(Cc2ccccc2)C(O)CN(C)NC(=O)c2ccccc2)cc(C(=O)N(CCC)CCC)c1. The van der Waals surface area contributed by atoms with E-state index >= 15 is 0 Å². The van der Waals surface area contributed by atoms with Crippen molar-refractivity contribution in [2.45, 2.75) is 52.2 Å². The van der Waals surface area contributed by atoms with Crippen molar-refractivity contribution >= 4 is 17.7 Å². The number of hydrogen-bond donors (Lipinski definition) is 3. The van der Waals surface area contributed by atoms with Gasteiger partial charge in [-0.15, -0.1) is 5.92 Å². The van der Waals surface area contributed by atoms with Crippen molar-refractivity contribution in [2.24, 2.45) is 0 Å². The molecule has 0 fully saturated rings. The smallest absolute Gasteiger partial charge is 0.265 e. The fourth-order valence-corrected chi connectivity index (χ4v) is 4.82. The van der Waals surface area contributed by atoms with E-state index in [2.05, 4.69) is 22.6 Å². The topological polar surface area (TPSA) is 102 Å². The lowest BCUT2D eigenvalue weighted by molar-refractivity contribution is 0.0542. The van der Waals surface area contributed by atoms with E-state index in [9.17, 15) is 19.5 Å². The van der Waals surface area contributed by atoms with E-state index in [-0.39, 0.29) is 23.9 Å². The number of carbonyl (C=O) groups excluding carboxylic acids is 3. The van der Waals surface area contributed by atoms with Crippen molar-refractivity contribution in [1.82, 2.24) is 20.7 Å². The van der Waals surface area contributed by atoms with Crippen LogP contribution in [0.3, 0.4) is 0 Å². The summed E-state index contributed by atoms with van der Waals surface area (Å²) < 4.78 is 0. The molecular formula is C35H42N4O4. The van der Waals surface area contributed by atoms with Crippen LogP contribution in [0.1, 0.15) is 75.8 Å². The highest BCUT2D eigenvalue weighted by atomic mass is 16.3. The summed E-state index contributed by atoms with van der Waals surface area (Å²) in [5.41, 5.74) is 5.44. The number of aliphatic hydroxyl groups excluding tert-OH is 1. The summed E-state index contributed by atoms with van der Waals surface area (Å²) in [6, 6.07) is 22.6. The second-order valence-electron chi connectivity index (χ2n) is 10.5. The number of hydrogen-bond acceptors (Lipinski definition) is 5. The second kappa shape index (κ2) is 16.9. The number of nitrogens with zero attached hydrogens (tertiary/aromatic N) is 2. The van der Waals surface area contributed by atoms with E-state index in [1.165, 1.54) is 5.01 Å². The van der Waals surface area contributed by atoms with Gasteiger partial charge < -0.3 is 15.3 Å². The van der Waals surface area contributed by atoms with Gasteiger partial charge in [0.05, 0.1) is 12.1 Å². The number of benzene rings is 3. The van der Waals surface area contributed by atoms with Gasteiger partial charge in [-0.1, -0.05) is 68.3 Å². The predicted octanol–water partition coefficient (Wildman–Crippen LogP) is 4.30. The maximum absolute atomic E-state index is 13.7. The minimum atomic E-state index is -1.03. The zero-order valence-electron chi connectivity index (χ0n) is 25.5. The molecular weight excluding hydrogens is 540 g/mol. The van der Waals surface area contributed by atoms with E-state index in [1.807, 2.05) is 50.2 Å². The lowest BCUT2D eigenvalue weighted by Gasteiger charge is -2.28. The third-order valence-electron chi connectivity index (χ3n) is 6.85. The van der Waals surface area contributed by atoms with Gasteiger partial charge in [0.2, 0.25) is 0 Å². The number of nitrogens with one attached hydrogen (secondary N) is 2. The Hall–Kier alpha value is -4.45. The van der Waals surface area contributed by atoms with Crippen LogP contribution in [0.15, 0.2) is 78.9 Å². The van der Waals surface area contributed by atoms with Crippen LogP contribution < -0.4 is 10.7 Å². The van der Waals surface area contributed by atoms with Crippen LogP contribution in [0.25, 0.3) is 0 Å². The minimum absolute atomic E-state index is 0.0600. The highest BCUT2D eigenvalue weighted by Gasteiger charge is 2.25. The average Bonchev–Trinajstić information content (AvgIpc) is 3.01. The van der Waals surface area contributed by atoms with E-state index in [4.69, 9.17) is 0 Å². The molecule has 0 aliphatic rings. The standard InChI is InChI=1S/C35H42N4O4/c1-5-14-27-21-29(24-30(22-27)35(43)39(19-6-2)20-7-3)33(41)36-31(23-26-15-10-8-11-16-26)32(40)25-38(4)37-34(42)28-17-12-9-13-18-28/h8-13,15-18,21-22,24,31-32,40H,6-7,19-20,23,25H2,1-4H3,(H,36,41)(H,37,42). The molecule has 2 atom stereocenters. The molecule has 0 heterocycles. The Bertz CT molecular complexity index is 1410. The van der Waals surface area contributed by atoms with Crippen LogP contribution in [0.2, 0.25) is 0 Å². The molecule has 0 saturated carbocycles. The summed E-state index contributed by atoms with van der Waals surface area (Å²) >= 11 is 0. The van der Waals surface area contributed by atoms with Gasteiger partial charge in [-0.2, -0.15) is 0 Å². The zero-order valence-corrected chi connectivity index (χ0v) is 25.5.